The molecular formula is C18H21ClN3O4+. The summed E-state index contributed by atoms with van der Waals surface area (Å²) in [6.07, 6.45) is 1.41. The first kappa shape index (κ1) is 18.4. The predicted octanol–water partition coefficient (Wildman–Crippen LogP) is 0.518. The Hall–Kier alpha value is -2.35. The Kier molecular flexibility index (Phi) is 5.92. The van der Waals surface area contributed by atoms with Crippen molar-refractivity contribution in [3.63, 3.8) is 0 Å². The van der Waals surface area contributed by atoms with Gasteiger partial charge in [0.1, 0.15) is 6.54 Å². The number of amides is 2. The van der Waals surface area contributed by atoms with Crippen molar-refractivity contribution >= 4 is 29.1 Å². The van der Waals surface area contributed by atoms with Gasteiger partial charge in [0, 0.05) is 5.02 Å². The zero-order chi connectivity index (χ0) is 18.5. The Labute approximate surface area is 156 Å². The van der Waals surface area contributed by atoms with Crippen molar-refractivity contribution in [1.82, 2.24) is 4.90 Å². The van der Waals surface area contributed by atoms with Crippen molar-refractivity contribution < 1.29 is 24.0 Å². The van der Waals surface area contributed by atoms with E-state index in [0.717, 1.165) is 13.1 Å². The molecule has 3 N–H and O–H groups in total. The molecule has 26 heavy (non-hydrogen) atoms. The summed E-state index contributed by atoms with van der Waals surface area (Å²) in [5.74, 6) is -0.437. The fourth-order valence-electron chi connectivity index (χ4n) is 3.00. The number of rotatable bonds is 5. The first-order valence-corrected chi connectivity index (χ1v) is 8.84. The Morgan fingerprint density at radius 1 is 1.27 bits per heavy atom. The van der Waals surface area contributed by atoms with Gasteiger partial charge in [0.2, 0.25) is 0 Å². The van der Waals surface area contributed by atoms with Crippen LogP contribution < -0.4 is 10.2 Å². The molecule has 2 aromatic rings. The number of halogens is 1. The minimum absolute atomic E-state index is 0.139. The van der Waals surface area contributed by atoms with Crippen LogP contribution >= 0.6 is 11.6 Å². The average molecular weight is 379 g/mol. The molecule has 1 aromatic heterocycles. The number of furan rings is 1. The van der Waals surface area contributed by atoms with E-state index < -0.39 is 5.91 Å². The zero-order valence-electron chi connectivity index (χ0n) is 14.2. The van der Waals surface area contributed by atoms with E-state index in [1.165, 1.54) is 11.2 Å². The topological polar surface area (TPSA) is 87.2 Å². The van der Waals surface area contributed by atoms with Crippen molar-refractivity contribution in [2.45, 2.75) is 0 Å². The molecule has 0 saturated carbocycles. The second-order valence-corrected chi connectivity index (χ2v) is 6.57. The lowest BCUT2D eigenvalue weighted by atomic mass is 10.1. The molecule has 0 radical (unpaired) electrons. The van der Waals surface area contributed by atoms with E-state index in [9.17, 15) is 9.59 Å². The van der Waals surface area contributed by atoms with Crippen LogP contribution in [0.15, 0.2) is 41.0 Å². The lowest BCUT2D eigenvalue weighted by molar-refractivity contribution is -0.904. The fraction of sp³-hybridized carbons (Fsp3) is 0.333. The largest absolute Gasteiger partial charge is 0.459 e. The number of hydrogen-bond donors (Lipinski definition) is 3. The van der Waals surface area contributed by atoms with Crippen molar-refractivity contribution in [2.75, 3.05) is 44.6 Å². The molecule has 138 valence electrons. The van der Waals surface area contributed by atoms with E-state index >= 15 is 0 Å². The third-order valence-corrected chi connectivity index (χ3v) is 4.66. The van der Waals surface area contributed by atoms with Crippen LogP contribution in [-0.2, 0) is 0 Å². The molecular weight excluding hydrogens is 358 g/mol. The molecule has 1 aromatic carbocycles. The number of aliphatic hydroxyl groups excluding tert-OH is 1. The van der Waals surface area contributed by atoms with E-state index in [-0.39, 0.29) is 18.3 Å². The molecule has 2 heterocycles. The highest BCUT2D eigenvalue weighted by Crippen LogP contribution is 2.23. The number of hydrogen-bond acceptors (Lipinski definition) is 4. The number of carbonyl (C=O) groups excluding carboxylic acids is 2. The van der Waals surface area contributed by atoms with Crippen LogP contribution in [0.2, 0.25) is 5.02 Å². The smallest absolute Gasteiger partial charge is 0.291 e. The number of anilines is 1. The van der Waals surface area contributed by atoms with Gasteiger partial charge in [-0.3, -0.25) is 9.59 Å². The fourth-order valence-corrected chi connectivity index (χ4v) is 3.17. The third-order valence-electron chi connectivity index (χ3n) is 4.43. The van der Waals surface area contributed by atoms with Crippen molar-refractivity contribution in [1.29, 1.82) is 0 Å². The van der Waals surface area contributed by atoms with Crippen LogP contribution in [0, 0.1) is 0 Å². The van der Waals surface area contributed by atoms with Crippen molar-refractivity contribution in [3.8, 4) is 0 Å². The second kappa shape index (κ2) is 8.35. The molecule has 1 aliphatic rings. The lowest BCUT2D eigenvalue weighted by Gasteiger charge is -2.32. The van der Waals surface area contributed by atoms with Gasteiger partial charge in [-0.25, -0.2) is 0 Å². The van der Waals surface area contributed by atoms with Crippen molar-refractivity contribution in [3.05, 3.63) is 52.9 Å². The first-order valence-electron chi connectivity index (χ1n) is 8.46. The van der Waals surface area contributed by atoms with Gasteiger partial charge in [0.25, 0.3) is 11.8 Å². The minimum Gasteiger partial charge on any atom is -0.459 e. The van der Waals surface area contributed by atoms with Gasteiger partial charge in [-0.15, -0.1) is 0 Å². The van der Waals surface area contributed by atoms with E-state index in [1.54, 1.807) is 35.2 Å². The van der Waals surface area contributed by atoms with Gasteiger partial charge >= 0.3 is 0 Å². The first-order chi connectivity index (χ1) is 12.6. The molecule has 8 heteroatoms. The third kappa shape index (κ3) is 4.24. The molecule has 1 aliphatic heterocycles. The van der Waals surface area contributed by atoms with Crippen LogP contribution in [0.5, 0.6) is 0 Å². The summed E-state index contributed by atoms with van der Waals surface area (Å²) in [4.78, 5) is 28.2. The predicted molar refractivity (Wildman–Crippen MR) is 96.7 cm³/mol. The van der Waals surface area contributed by atoms with Crippen LogP contribution in [0.1, 0.15) is 20.9 Å². The van der Waals surface area contributed by atoms with Crippen LogP contribution in [-0.4, -0.2) is 61.2 Å². The highest BCUT2D eigenvalue weighted by molar-refractivity contribution is 6.31. The molecule has 1 saturated heterocycles. The van der Waals surface area contributed by atoms with E-state index in [4.69, 9.17) is 21.1 Å². The van der Waals surface area contributed by atoms with Gasteiger partial charge in [-0.2, -0.15) is 0 Å². The number of aliphatic hydroxyl groups is 1. The molecule has 1 fully saturated rings. The summed E-state index contributed by atoms with van der Waals surface area (Å²) < 4.78 is 5.09. The quantitative estimate of drug-likeness (QED) is 0.708. The van der Waals surface area contributed by atoms with E-state index in [2.05, 4.69) is 5.32 Å². The number of nitrogens with one attached hydrogen (secondary N) is 2. The summed E-state index contributed by atoms with van der Waals surface area (Å²) in [7, 11) is 0. The number of benzene rings is 1. The van der Waals surface area contributed by atoms with Crippen molar-refractivity contribution in [2.24, 2.45) is 0 Å². The normalized spacial score (nSPS) is 15.1. The molecule has 0 unspecified atom stereocenters. The lowest BCUT2D eigenvalue weighted by Crippen LogP contribution is -3.15. The number of quaternary nitrogens is 1. The van der Waals surface area contributed by atoms with Crippen LogP contribution in [0.25, 0.3) is 0 Å². The summed E-state index contributed by atoms with van der Waals surface area (Å²) in [5.41, 5.74) is 0.744. The van der Waals surface area contributed by atoms with Crippen LogP contribution in [0.3, 0.4) is 0 Å². The number of piperazine rings is 1. The van der Waals surface area contributed by atoms with Crippen LogP contribution in [0.4, 0.5) is 5.69 Å². The standard InChI is InChI=1S/C18H20ClN3O4/c19-13-3-4-15(20-17(24)16-2-1-11-26-16)14(12-13)18(25)22-7-5-21(6-8-22)9-10-23/h1-4,11-12,23H,5-10H2,(H,20,24)/p+1. The maximum absolute atomic E-state index is 12.9. The zero-order valence-corrected chi connectivity index (χ0v) is 15.0. The Morgan fingerprint density at radius 3 is 2.69 bits per heavy atom. The molecule has 0 spiro atoms. The summed E-state index contributed by atoms with van der Waals surface area (Å²) >= 11 is 6.07. The molecule has 0 aliphatic carbocycles. The van der Waals surface area contributed by atoms with Gasteiger partial charge in [-0.05, 0) is 30.3 Å². The Balaban J connectivity index is 1.75. The second-order valence-electron chi connectivity index (χ2n) is 6.14. The highest BCUT2D eigenvalue weighted by atomic mass is 35.5. The van der Waals surface area contributed by atoms with Gasteiger partial charge in [-0.1, -0.05) is 11.6 Å². The highest BCUT2D eigenvalue weighted by Gasteiger charge is 2.26. The maximum Gasteiger partial charge on any atom is 0.291 e. The summed E-state index contributed by atoms with van der Waals surface area (Å²) in [5, 5.41) is 12.2. The molecule has 0 bridgehead atoms. The Bertz CT molecular complexity index is 771. The maximum atomic E-state index is 12.9. The van der Waals surface area contributed by atoms with Gasteiger partial charge in [0.05, 0.1) is 50.3 Å². The summed E-state index contributed by atoms with van der Waals surface area (Å²) in [6, 6.07) is 7.98. The number of nitrogens with zero attached hydrogens (tertiary/aromatic N) is 1. The molecule has 7 nitrogen and oxygen atoms in total. The molecule has 3 rings (SSSR count). The summed E-state index contributed by atoms with van der Waals surface area (Å²) in [6.45, 7) is 3.56. The van der Waals surface area contributed by atoms with Gasteiger partial charge in [0.15, 0.2) is 5.76 Å². The number of carbonyl (C=O) groups is 2. The molecule has 0 atom stereocenters. The van der Waals surface area contributed by atoms with Gasteiger partial charge < -0.3 is 24.6 Å². The Morgan fingerprint density at radius 2 is 2.04 bits per heavy atom. The average Bonchev–Trinajstić information content (AvgIpc) is 3.18. The SMILES string of the molecule is O=C(Nc1ccc(Cl)cc1C(=O)N1CC[NH+](CCO)CC1)c1ccco1. The minimum atomic E-state index is -0.427. The van der Waals surface area contributed by atoms with E-state index in [0.29, 0.717) is 35.9 Å². The molecule has 2 amide bonds. The monoisotopic (exact) mass is 378 g/mol. The van der Waals surface area contributed by atoms with E-state index in [1.807, 2.05) is 0 Å².